The lowest BCUT2D eigenvalue weighted by molar-refractivity contribution is 0.286. The summed E-state index contributed by atoms with van der Waals surface area (Å²) >= 11 is 0. The minimum absolute atomic E-state index is 0.197. The summed E-state index contributed by atoms with van der Waals surface area (Å²) in [6.45, 7) is 1.68. The third-order valence-corrected chi connectivity index (χ3v) is 3.02. The first-order valence-corrected chi connectivity index (χ1v) is 6.59. The molecule has 0 spiro atoms. The fourth-order valence-corrected chi connectivity index (χ4v) is 2.04. The molecular formula is C15H18N4O. The van der Waals surface area contributed by atoms with Crippen molar-refractivity contribution in [2.45, 2.75) is 13.0 Å². The highest BCUT2D eigenvalue weighted by Gasteiger charge is 2.09. The van der Waals surface area contributed by atoms with Crippen LogP contribution in [0.15, 0.2) is 30.5 Å². The van der Waals surface area contributed by atoms with Gasteiger partial charge in [-0.2, -0.15) is 10.4 Å². The summed E-state index contributed by atoms with van der Waals surface area (Å²) in [6, 6.07) is 9.54. The SMILES string of the molecule is Cn1cc(CNCCCO)c(-c2ccc(C#N)cc2)n1. The molecule has 1 heterocycles. The van der Waals surface area contributed by atoms with E-state index in [1.54, 1.807) is 16.8 Å². The number of aliphatic hydroxyl groups is 1. The fourth-order valence-electron chi connectivity index (χ4n) is 2.04. The standard InChI is InChI=1S/C15H18N4O/c1-19-11-14(10-17-7-2-8-20)15(18-19)13-5-3-12(9-16)4-6-13/h3-6,11,17,20H,2,7-8,10H2,1H3. The van der Waals surface area contributed by atoms with Crippen LogP contribution in [-0.4, -0.2) is 28.0 Å². The molecule has 20 heavy (non-hydrogen) atoms. The molecular weight excluding hydrogens is 252 g/mol. The van der Waals surface area contributed by atoms with Crippen LogP contribution in [-0.2, 0) is 13.6 Å². The number of aliphatic hydroxyl groups excluding tert-OH is 1. The van der Waals surface area contributed by atoms with Crippen LogP contribution in [0.3, 0.4) is 0 Å². The zero-order chi connectivity index (χ0) is 14.4. The molecule has 0 aliphatic rings. The molecule has 0 amide bonds. The lowest BCUT2D eigenvalue weighted by Gasteiger charge is -2.04. The van der Waals surface area contributed by atoms with Crippen molar-refractivity contribution in [3.8, 4) is 17.3 Å². The maximum absolute atomic E-state index is 8.82. The molecule has 2 aromatic rings. The average Bonchev–Trinajstić information content (AvgIpc) is 2.85. The molecule has 104 valence electrons. The summed E-state index contributed by atoms with van der Waals surface area (Å²) < 4.78 is 1.79. The van der Waals surface area contributed by atoms with Gasteiger partial charge in [0.2, 0.25) is 0 Å². The van der Waals surface area contributed by atoms with E-state index in [4.69, 9.17) is 10.4 Å². The largest absolute Gasteiger partial charge is 0.396 e. The quantitative estimate of drug-likeness (QED) is 0.779. The Balaban J connectivity index is 2.16. The van der Waals surface area contributed by atoms with Gasteiger partial charge < -0.3 is 10.4 Å². The van der Waals surface area contributed by atoms with E-state index in [1.807, 2.05) is 25.4 Å². The number of nitrogens with one attached hydrogen (secondary N) is 1. The van der Waals surface area contributed by atoms with Crippen molar-refractivity contribution in [1.82, 2.24) is 15.1 Å². The number of nitrogens with zero attached hydrogens (tertiary/aromatic N) is 3. The topological polar surface area (TPSA) is 73.9 Å². The predicted octanol–water partition coefficient (Wildman–Crippen LogP) is 1.43. The van der Waals surface area contributed by atoms with Gasteiger partial charge in [-0.05, 0) is 25.1 Å². The van der Waals surface area contributed by atoms with E-state index in [-0.39, 0.29) is 6.61 Å². The summed E-state index contributed by atoms with van der Waals surface area (Å²) in [7, 11) is 1.89. The Morgan fingerprint density at radius 1 is 1.35 bits per heavy atom. The van der Waals surface area contributed by atoms with Gasteiger partial charge >= 0.3 is 0 Å². The Labute approximate surface area is 118 Å². The second-order valence-electron chi connectivity index (χ2n) is 4.62. The molecule has 0 radical (unpaired) electrons. The zero-order valence-corrected chi connectivity index (χ0v) is 11.5. The highest BCUT2D eigenvalue weighted by molar-refractivity contribution is 5.63. The highest BCUT2D eigenvalue weighted by Crippen LogP contribution is 2.22. The number of benzene rings is 1. The van der Waals surface area contributed by atoms with Crippen LogP contribution in [0.4, 0.5) is 0 Å². The summed E-state index contributed by atoms with van der Waals surface area (Å²) in [4.78, 5) is 0. The van der Waals surface area contributed by atoms with Crippen LogP contribution in [0.25, 0.3) is 11.3 Å². The van der Waals surface area contributed by atoms with Crippen molar-refractivity contribution < 1.29 is 5.11 Å². The molecule has 5 nitrogen and oxygen atoms in total. The summed E-state index contributed by atoms with van der Waals surface area (Å²) in [5.41, 5.74) is 3.68. The molecule has 0 aliphatic carbocycles. The van der Waals surface area contributed by atoms with E-state index in [1.165, 1.54) is 0 Å². The number of aryl methyl sites for hydroxylation is 1. The Hall–Kier alpha value is -2.16. The van der Waals surface area contributed by atoms with Gasteiger partial charge in [-0.25, -0.2) is 0 Å². The maximum Gasteiger partial charge on any atom is 0.0991 e. The van der Waals surface area contributed by atoms with Gasteiger partial charge in [0.25, 0.3) is 0 Å². The van der Waals surface area contributed by atoms with Gasteiger partial charge in [0.15, 0.2) is 0 Å². The molecule has 0 saturated carbocycles. The first kappa shape index (κ1) is 14.3. The number of nitriles is 1. The van der Waals surface area contributed by atoms with E-state index >= 15 is 0 Å². The lowest BCUT2D eigenvalue weighted by atomic mass is 10.1. The van der Waals surface area contributed by atoms with Crippen molar-refractivity contribution in [2.24, 2.45) is 7.05 Å². The van der Waals surface area contributed by atoms with Crippen LogP contribution in [0.5, 0.6) is 0 Å². The predicted molar refractivity (Wildman–Crippen MR) is 76.8 cm³/mol. The van der Waals surface area contributed by atoms with Crippen LogP contribution in [0, 0.1) is 11.3 Å². The van der Waals surface area contributed by atoms with Crippen LogP contribution in [0.1, 0.15) is 17.5 Å². The molecule has 0 bridgehead atoms. The second kappa shape index (κ2) is 6.85. The molecule has 2 N–H and O–H groups in total. The zero-order valence-electron chi connectivity index (χ0n) is 11.5. The van der Waals surface area contributed by atoms with Gasteiger partial charge in [0.05, 0.1) is 17.3 Å². The average molecular weight is 270 g/mol. The molecule has 0 unspecified atom stereocenters. The van der Waals surface area contributed by atoms with Gasteiger partial charge in [-0.3, -0.25) is 4.68 Å². The van der Waals surface area contributed by atoms with Crippen LogP contribution < -0.4 is 5.32 Å². The molecule has 5 heteroatoms. The maximum atomic E-state index is 8.82. The number of aromatic nitrogens is 2. The molecule has 1 aromatic heterocycles. The second-order valence-corrected chi connectivity index (χ2v) is 4.62. The Bertz CT molecular complexity index is 595. The van der Waals surface area contributed by atoms with Crippen LogP contribution >= 0.6 is 0 Å². The van der Waals surface area contributed by atoms with Crippen molar-refractivity contribution in [1.29, 1.82) is 5.26 Å². The minimum atomic E-state index is 0.197. The van der Waals surface area contributed by atoms with Gasteiger partial charge in [0.1, 0.15) is 0 Å². The lowest BCUT2D eigenvalue weighted by Crippen LogP contribution is -2.15. The first-order valence-electron chi connectivity index (χ1n) is 6.59. The molecule has 1 aromatic carbocycles. The van der Waals surface area contributed by atoms with Crippen molar-refractivity contribution in [2.75, 3.05) is 13.2 Å². The summed E-state index contributed by atoms with van der Waals surface area (Å²) in [6.07, 6.45) is 2.73. The Morgan fingerprint density at radius 2 is 2.10 bits per heavy atom. The first-order chi connectivity index (χ1) is 9.74. The fraction of sp³-hybridized carbons (Fsp3) is 0.333. The van der Waals surface area contributed by atoms with Crippen molar-refractivity contribution in [3.05, 3.63) is 41.6 Å². The summed E-state index contributed by atoms with van der Waals surface area (Å²) in [5.74, 6) is 0. The van der Waals surface area contributed by atoms with Crippen molar-refractivity contribution >= 4 is 0 Å². The van der Waals surface area contributed by atoms with E-state index in [0.717, 1.165) is 29.8 Å². The molecule has 0 fully saturated rings. The number of rotatable bonds is 6. The van der Waals surface area contributed by atoms with Gasteiger partial charge in [-0.1, -0.05) is 12.1 Å². The Morgan fingerprint density at radius 3 is 2.75 bits per heavy atom. The molecule has 2 rings (SSSR count). The summed E-state index contributed by atoms with van der Waals surface area (Å²) in [5, 5.41) is 25.4. The van der Waals surface area contributed by atoms with E-state index in [2.05, 4.69) is 16.5 Å². The third-order valence-electron chi connectivity index (χ3n) is 3.02. The van der Waals surface area contributed by atoms with E-state index in [0.29, 0.717) is 12.1 Å². The van der Waals surface area contributed by atoms with E-state index in [9.17, 15) is 0 Å². The third kappa shape index (κ3) is 3.44. The Kier molecular flexibility index (Phi) is 4.88. The normalized spacial score (nSPS) is 10.4. The number of hydrogen-bond acceptors (Lipinski definition) is 4. The van der Waals surface area contributed by atoms with Gasteiger partial charge in [-0.15, -0.1) is 0 Å². The molecule has 0 aliphatic heterocycles. The molecule has 0 atom stereocenters. The van der Waals surface area contributed by atoms with Crippen molar-refractivity contribution in [3.63, 3.8) is 0 Å². The minimum Gasteiger partial charge on any atom is -0.396 e. The highest BCUT2D eigenvalue weighted by atomic mass is 16.3. The molecule has 0 saturated heterocycles. The van der Waals surface area contributed by atoms with Crippen LogP contribution in [0.2, 0.25) is 0 Å². The smallest absolute Gasteiger partial charge is 0.0991 e. The number of hydrogen-bond donors (Lipinski definition) is 2. The monoisotopic (exact) mass is 270 g/mol. The van der Waals surface area contributed by atoms with Gasteiger partial charge in [0, 0.05) is 37.5 Å². The van der Waals surface area contributed by atoms with E-state index < -0.39 is 0 Å².